The van der Waals surface area contributed by atoms with Gasteiger partial charge in [-0.3, -0.25) is 0 Å². The van der Waals surface area contributed by atoms with E-state index in [1.54, 1.807) is 0 Å². The number of halogens is 1. The van der Waals surface area contributed by atoms with Gasteiger partial charge in [0.05, 0.1) is 78.8 Å². The van der Waals surface area contributed by atoms with Gasteiger partial charge in [0.15, 0.2) is 11.6 Å². The second kappa shape index (κ2) is 31.9. The van der Waals surface area contributed by atoms with E-state index in [0.717, 1.165) is 177 Å². The van der Waals surface area contributed by atoms with Gasteiger partial charge in [0, 0.05) is 81.7 Å². The Morgan fingerprint density at radius 3 is 0.856 bits per heavy atom. The van der Waals surface area contributed by atoms with Gasteiger partial charge in [-0.1, -0.05) is 362 Å². The van der Waals surface area contributed by atoms with Crippen molar-refractivity contribution in [1.82, 2.24) is 39.9 Å². The molecule has 0 aliphatic carbocycles. The van der Waals surface area contributed by atoms with Crippen molar-refractivity contribution in [1.29, 1.82) is 0 Å². The van der Waals surface area contributed by atoms with E-state index in [4.69, 9.17) is 49.2 Å². The van der Waals surface area contributed by atoms with Gasteiger partial charge in [-0.05, 0) is 108 Å². The van der Waals surface area contributed by atoms with E-state index in [9.17, 15) is 0 Å². The average molecular weight is 1580 g/mol. The molecule has 1 fully saturated rings. The molecular weight excluding hydrogens is 1510 g/mol. The van der Waals surface area contributed by atoms with Gasteiger partial charge in [0.1, 0.15) is 0 Å². The highest BCUT2D eigenvalue weighted by Crippen LogP contribution is 2.42. The third-order valence-corrected chi connectivity index (χ3v) is 23.1. The number of rotatable bonds is 12. The van der Waals surface area contributed by atoms with Gasteiger partial charge < -0.3 is 9.31 Å². The van der Waals surface area contributed by atoms with Crippen LogP contribution in [0.5, 0.6) is 0 Å². The maximum absolute atomic E-state index is 6.20. The number of fused-ring (bicyclic) bond motifs is 8. The van der Waals surface area contributed by atoms with E-state index >= 15 is 0 Å². The van der Waals surface area contributed by atoms with Gasteiger partial charge in [0.25, 0.3) is 0 Å². The molecule has 0 unspecified atom stereocenters. The van der Waals surface area contributed by atoms with Crippen molar-refractivity contribution in [3.63, 3.8) is 0 Å². The summed E-state index contributed by atoms with van der Waals surface area (Å²) >= 11 is 3.67. The zero-order chi connectivity index (χ0) is 79.7. The molecule has 118 heavy (non-hydrogen) atoms. The highest BCUT2D eigenvalue weighted by atomic mass is 79.9. The zero-order valence-electron chi connectivity index (χ0n) is 65.3. The zero-order valence-corrected chi connectivity index (χ0v) is 66.9. The van der Waals surface area contributed by atoms with Gasteiger partial charge in [-0.25, -0.2) is 39.9 Å². The van der Waals surface area contributed by atoms with E-state index in [1.807, 2.05) is 121 Å². The molecule has 20 aromatic rings. The second-order valence-electron chi connectivity index (χ2n) is 30.5. The quantitative estimate of drug-likeness (QED) is 0.0863. The predicted molar refractivity (Wildman–Crippen MR) is 490 cm³/mol. The Kier molecular flexibility index (Phi) is 20.0. The first-order valence-electron chi connectivity index (χ1n) is 39.6. The highest BCUT2D eigenvalue weighted by molar-refractivity contribution is 9.10. The monoisotopic (exact) mass is 1580 g/mol. The number of aromatic nitrogens is 8. The molecule has 1 saturated heterocycles. The minimum absolute atomic E-state index is 0.358. The lowest BCUT2D eigenvalue weighted by atomic mass is 9.79. The summed E-state index contributed by atoms with van der Waals surface area (Å²) in [6.07, 6.45) is 0. The van der Waals surface area contributed by atoms with Gasteiger partial charge in [-0.15, -0.1) is 0 Å². The number of benzene rings is 14. The number of hydrogen-bond acceptors (Lipinski definition) is 10. The minimum Gasteiger partial charge on any atom is -0.399 e. The van der Waals surface area contributed by atoms with Crippen LogP contribution >= 0.6 is 15.9 Å². The standard InChI is InChI=1S/C50H32N4.C30H27BN2O2.C26H17BrN2/c1-4-12-34(13-5-1)44-30-26-37-24-25-38-27-31-45(52-49(38)48(37)51-44)36-22-20-33(21-23-36)40-28-29-43(42-19-11-10-18-41(40)42)47-32-46(35-14-6-2-7-15-35)53-50(54-47)39-16-8-3-9-17-39;1-29(2)30(3,4)35-31(34-29)24-16-12-21(13-17-24)26-19-15-23-11-10-22-14-18-25(20-8-6-5-7-9-20)32-27(22)28(23)33-26;27-23-16-15-22(20-13-7-8-14-21(20)23)25-17-24(18-9-3-1-4-10-18)28-26(29-25)19-11-5-2-6-12-19/h1-32H;5-19H,1-4H3;1-17H. The summed E-state index contributed by atoms with van der Waals surface area (Å²) in [4.78, 5) is 40.3. The molecule has 0 radical (unpaired) electrons. The smallest absolute Gasteiger partial charge is 0.399 e. The van der Waals surface area contributed by atoms with Crippen LogP contribution in [0, 0.1) is 0 Å². The second-order valence-corrected chi connectivity index (χ2v) is 31.3. The molecule has 0 spiro atoms. The van der Waals surface area contributed by atoms with E-state index in [2.05, 4.69) is 311 Å². The number of hydrogen-bond donors (Lipinski definition) is 0. The molecule has 1 aliphatic heterocycles. The first-order chi connectivity index (χ1) is 57.8. The number of pyridine rings is 4. The molecule has 7 heterocycles. The summed E-state index contributed by atoms with van der Waals surface area (Å²) in [5.74, 6) is 1.44. The predicted octanol–water partition coefficient (Wildman–Crippen LogP) is 26.5. The Balaban J connectivity index is 0.000000125. The van der Waals surface area contributed by atoms with Crippen molar-refractivity contribution in [2.24, 2.45) is 0 Å². The SMILES string of the molecule is Brc1ccc(-c2cc(-c3ccccc3)nc(-c3ccccc3)n2)c2ccccc12.CC1(C)OB(c2ccc(-c3ccc4ccc5ccc(-c6ccccc6)nc5c4n3)cc2)OC1(C)C.c1ccc(-c2cc(-c3ccc(-c4ccc(-c5ccc6ccc7ccc(-c8ccccc8)nc7c6n5)cc4)c4ccccc34)nc(-c3ccccc3)n2)cc1. The van der Waals surface area contributed by atoms with Crippen molar-refractivity contribution >= 4 is 93.7 Å². The summed E-state index contributed by atoms with van der Waals surface area (Å²) in [7, 11) is -0.372. The molecule has 562 valence electrons. The molecule has 12 heteroatoms. The van der Waals surface area contributed by atoms with Crippen LogP contribution in [-0.2, 0) is 9.31 Å². The molecule has 0 atom stereocenters. The lowest BCUT2D eigenvalue weighted by Gasteiger charge is -2.32. The summed E-state index contributed by atoms with van der Waals surface area (Å²) < 4.78 is 13.5. The Hall–Kier alpha value is -14.1. The van der Waals surface area contributed by atoms with E-state index in [0.29, 0.717) is 5.82 Å². The Morgan fingerprint density at radius 1 is 0.220 bits per heavy atom. The third-order valence-electron chi connectivity index (χ3n) is 22.4. The molecule has 10 nitrogen and oxygen atoms in total. The van der Waals surface area contributed by atoms with Crippen molar-refractivity contribution < 1.29 is 9.31 Å². The maximum atomic E-state index is 6.20. The van der Waals surface area contributed by atoms with Crippen LogP contribution < -0.4 is 5.46 Å². The van der Waals surface area contributed by atoms with Crippen molar-refractivity contribution in [2.45, 2.75) is 38.9 Å². The Bertz CT molecular complexity index is 6980. The van der Waals surface area contributed by atoms with Crippen LogP contribution in [0.15, 0.2) is 393 Å². The molecule has 0 bridgehead atoms. The summed E-state index contributed by atoms with van der Waals surface area (Å²) in [5.41, 5.74) is 24.2. The van der Waals surface area contributed by atoms with E-state index in [-0.39, 0.29) is 18.3 Å². The Morgan fingerprint density at radius 2 is 0.483 bits per heavy atom. The van der Waals surface area contributed by atoms with Gasteiger partial charge in [0.2, 0.25) is 0 Å². The van der Waals surface area contributed by atoms with Crippen LogP contribution in [-0.4, -0.2) is 58.2 Å². The largest absolute Gasteiger partial charge is 0.494 e. The highest BCUT2D eigenvalue weighted by Gasteiger charge is 2.51. The van der Waals surface area contributed by atoms with Crippen LogP contribution in [0.4, 0.5) is 0 Å². The molecule has 14 aromatic carbocycles. The van der Waals surface area contributed by atoms with Crippen molar-refractivity contribution in [2.75, 3.05) is 0 Å². The molecule has 6 aromatic heterocycles. The Labute approximate surface area is 693 Å². The molecule has 0 N–H and O–H groups in total. The topological polar surface area (TPSA) is 122 Å². The molecule has 21 rings (SSSR count). The number of nitrogens with zero attached hydrogens (tertiary/aromatic N) is 8. The van der Waals surface area contributed by atoms with Crippen LogP contribution in [0.1, 0.15) is 27.7 Å². The average Bonchev–Trinajstić information content (AvgIpc) is 1.06. The fourth-order valence-corrected chi connectivity index (χ4v) is 15.9. The lowest BCUT2D eigenvalue weighted by Crippen LogP contribution is -2.41. The van der Waals surface area contributed by atoms with Crippen LogP contribution in [0.2, 0.25) is 0 Å². The van der Waals surface area contributed by atoms with Crippen LogP contribution in [0.3, 0.4) is 0 Å². The summed E-state index contributed by atoms with van der Waals surface area (Å²) in [5, 5.41) is 8.95. The van der Waals surface area contributed by atoms with Gasteiger partial charge >= 0.3 is 7.12 Å². The molecule has 1 aliphatic rings. The fourth-order valence-electron chi connectivity index (χ4n) is 15.4. The fraction of sp³-hybridized carbons (Fsp3) is 0.0566. The van der Waals surface area contributed by atoms with Crippen molar-refractivity contribution in [3.05, 3.63) is 393 Å². The first kappa shape index (κ1) is 74.0. The molecule has 0 amide bonds. The summed E-state index contributed by atoms with van der Waals surface area (Å²) in [6.45, 7) is 8.29. The van der Waals surface area contributed by atoms with Crippen molar-refractivity contribution in [3.8, 4) is 124 Å². The van der Waals surface area contributed by atoms with Gasteiger partial charge in [-0.2, -0.15) is 0 Å². The minimum atomic E-state index is -0.372. The maximum Gasteiger partial charge on any atom is 0.494 e. The lowest BCUT2D eigenvalue weighted by molar-refractivity contribution is 0.00578. The summed E-state index contributed by atoms with van der Waals surface area (Å²) in [6, 6.07) is 134. The molecule has 0 saturated carbocycles. The normalized spacial score (nSPS) is 12.8. The molecular formula is C106H76BBrN8O2. The third kappa shape index (κ3) is 15.0. The van der Waals surface area contributed by atoms with E-state index in [1.165, 1.54) is 16.2 Å². The van der Waals surface area contributed by atoms with Crippen LogP contribution in [0.25, 0.3) is 189 Å². The first-order valence-corrected chi connectivity index (χ1v) is 40.4. The van der Waals surface area contributed by atoms with E-state index < -0.39 is 0 Å².